The Labute approximate surface area is 98.2 Å². The van der Waals surface area contributed by atoms with Crippen LogP contribution in [0, 0.1) is 5.92 Å². The van der Waals surface area contributed by atoms with Crippen molar-refractivity contribution < 1.29 is 24.6 Å². The molecular formula is C10H16N2O5. The molecule has 2 atom stereocenters. The summed E-state index contributed by atoms with van der Waals surface area (Å²) in [6, 6.07) is -1.10. The Bertz CT molecular complexity index is 331. The van der Waals surface area contributed by atoms with Gasteiger partial charge in [-0.15, -0.1) is 0 Å². The van der Waals surface area contributed by atoms with Crippen molar-refractivity contribution in [3.63, 3.8) is 0 Å². The van der Waals surface area contributed by atoms with Gasteiger partial charge in [-0.1, -0.05) is 0 Å². The highest BCUT2D eigenvalue weighted by Gasteiger charge is 2.30. The van der Waals surface area contributed by atoms with Crippen molar-refractivity contribution in [3.8, 4) is 0 Å². The number of piperidine rings is 1. The van der Waals surface area contributed by atoms with Crippen LogP contribution in [0.4, 0.5) is 0 Å². The van der Waals surface area contributed by atoms with E-state index >= 15 is 0 Å². The Morgan fingerprint density at radius 2 is 2.00 bits per heavy atom. The highest BCUT2D eigenvalue weighted by Crippen LogP contribution is 2.17. The van der Waals surface area contributed by atoms with Crippen molar-refractivity contribution in [3.05, 3.63) is 0 Å². The number of carboxylic acids is 2. The van der Waals surface area contributed by atoms with Crippen LogP contribution in [0.15, 0.2) is 0 Å². The molecule has 0 bridgehead atoms. The zero-order chi connectivity index (χ0) is 13.0. The van der Waals surface area contributed by atoms with Gasteiger partial charge in [-0.2, -0.15) is 0 Å². The van der Waals surface area contributed by atoms with Gasteiger partial charge in [0.1, 0.15) is 0 Å². The predicted octanol–water partition coefficient (Wildman–Crippen LogP) is -0.888. The molecule has 0 spiro atoms. The molecule has 17 heavy (non-hydrogen) atoms. The molecule has 7 heteroatoms. The average Bonchev–Trinajstić information content (AvgIpc) is 2.27. The van der Waals surface area contributed by atoms with Gasteiger partial charge in [0, 0.05) is 13.1 Å². The number of amides is 1. The van der Waals surface area contributed by atoms with Crippen LogP contribution in [-0.2, 0) is 14.4 Å². The summed E-state index contributed by atoms with van der Waals surface area (Å²) in [5, 5.41) is 17.4. The maximum absolute atomic E-state index is 11.7. The first kappa shape index (κ1) is 13.4. The van der Waals surface area contributed by atoms with E-state index in [2.05, 4.69) is 0 Å². The Kier molecular flexibility index (Phi) is 4.45. The maximum Gasteiger partial charge on any atom is 0.308 e. The van der Waals surface area contributed by atoms with Gasteiger partial charge in [0.05, 0.1) is 18.4 Å². The summed E-state index contributed by atoms with van der Waals surface area (Å²) < 4.78 is 0. The van der Waals surface area contributed by atoms with E-state index in [1.165, 1.54) is 4.90 Å². The first-order valence-corrected chi connectivity index (χ1v) is 5.40. The van der Waals surface area contributed by atoms with Gasteiger partial charge >= 0.3 is 11.9 Å². The first-order chi connectivity index (χ1) is 7.91. The number of hydrogen-bond donors (Lipinski definition) is 3. The molecule has 4 N–H and O–H groups in total. The van der Waals surface area contributed by atoms with E-state index in [1.54, 1.807) is 0 Å². The molecular weight excluding hydrogens is 228 g/mol. The third kappa shape index (κ3) is 3.70. The molecule has 0 aromatic carbocycles. The topological polar surface area (TPSA) is 121 Å². The Morgan fingerprint density at radius 3 is 2.53 bits per heavy atom. The zero-order valence-electron chi connectivity index (χ0n) is 9.33. The lowest BCUT2D eigenvalue weighted by Crippen LogP contribution is -2.49. The predicted molar refractivity (Wildman–Crippen MR) is 57.2 cm³/mol. The van der Waals surface area contributed by atoms with Crippen LogP contribution in [0.2, 0.25) is 0 Å². The van der Waals surface area contributed by atoms with E-state index in [9.17, 15) is 14.4 Å². The monoisotopic (exact) mass is 244 g/mol. The van der Waals surface area contributed by atoms with E-state index in [4.69, 9.17) is 15.9 Å². The molecule has 0 aromatic heterocycles. The lowest BCUT2D eigenvalue weighted by atomic mass is 9.97. The fourth-order valence-corrected chi connectivity index (χ4v) is 1.89. The molecule has 1 heterocycles. The van der Waals surface area contributed by atoms with Gasteiger partial charge < -0.3 is 20.8 Å². The summed E-state index contributed by atoms with van der Waals surface area (Å²) in [5.41, 5.74) is 5.45. The minimum absolute atomic E-state index is 0.113. The largest absolute Gasteiger partial charge is 0.481 e. The van der Waals surface area contributed by atoms with Crippen molar-refractivity contribution in [2.45, 2.75) is 25.3 Å². The molecule has 7 nitrogen and oxygen atoms in total. The SMILES string of the molecule is NC(CC(=O)O)C(=O)N1CCC[C@@H](C(=O)O)C1. The standard InChI is InChI=1S/C10H16N2O5/c11-7(4-8(13)14)9(15)12-3-1-2-6(5-12)10(16)17/h6-7H,1-5,11H2,(H,13,14)(H,16,17)/t6-,7?/m1/s1. The number of nitrogens with two attached hydrogens (primary N) is 1. The van der Waals surface area contributed by atoms with Gasteiger partial charge in [-0.25, -0.2) is 0 Å². The van der Waals surface area contributed by atoms with Crippen molar-refractivity contribution >= 4 is 17.8 Å². The molecule has 1 aliphatic rings. The third-order valence-electron chi connectivity index (χ3n) is 2.79. The molecule has 0 radical (unpaired) electrons. The highest BCUT2D eigenvalue weighted by molar-refractivity contribution is 5.86. The summed E-state index contributed by atoms with van der Waals surface area (Å²) in [7, 11) is 0. The number of hydrogen-bond acceptors (Lipinski definition) is 4. The summed E-state index contributed by atoms with van der Waals surface area (Å²) in [6.07, 6.45) is 0.697. The van der Waals surface area contributed by atoms with Crippen LogP contribution in [0.1, 0.15) is 19.3 Å². The van der Waals surface area contributed by atoms with E-state index in [-0.39, 0.29) is 6.54 Å². The van der Waals surface area contributed by atoms with Gasteiger partial charge in [-0.3, -0.25) is 14.4 Å². The fourth-order valence-electron chi connectivity index (χ4n) is 1.89. The smallest absolute Gasteiger partial charge is 0.308 e. The fraction of sp³-hybridized carbons (Fsp3) is 0.700. The van der Waals surface area contributed by atoms with Gasteiger partial charge in [0.2, 0.25) is 5.91 Å². The van der Waals surface area contributed by atoms with Crippen LogP contribution in [0.3, 0.4) is 0 Å². The second-order valence-electron chi connectivity index (χ2n) is 4.17. The normalized spacial score (nSPS) is 21.9. The molecule has 1 saturated heterocycles. The van der Waals surface area contributed by atoms with Crippen LogP contribution < -0.4 is 5.73 Å². The van der Waals surface area contributed by atoms with Crippen LogP contribution in [-0.4, -0.2) is 52.1 Å². The van der Waals surface area contributed by atoms with Crippen LogP contribution >= 0.6 is 0 Å². The number of nitrogens with zero attached hydrogens (tertiary/aromatic N) is 1. The number of rotatable bonds is 4. The Hall–Kier alpha value is -1.63. The molecule has 1 unspecified atom stereocenters. The molecule has 1 amide bonds. The zero-order valence-corrected chi connectivity index (χ0v) is 9.33. The summed E-state index contributed by atoms with van der Waals surface area (Å²) in [6.45, 7) is 0.553. The molecule has 0 aliphatic carbocycles. The molecule has 96 valence electrons. The maximum atomic E-state index is 11.7. The van der Waals surface area contributed by atoms with Crippen molar-refractivity contribution in [2.24, 2.45) is 11.7 Å². The second-order valence-corrected chi connectivity index (χ2v) is 4.17. The molecule has 0 aromatic rings. The van der Waals surface area contributed by atoms with E-state index < -0.39 is 36.2 Å². The van der Waals surface area contributed by atoms with Crippen molar-refractivity contribution in [1.29, 1.82) is 0 Å². The third-order valence-corrected chi connectivity index (χ3v) is 2.79. The lowest BCUT2D eigenvalue weighted by Gasteiger charge is -2.32. The minimum Gasteiger partial charge on any atom is -0.481 e. The van der Waals surface area contributed by atoms with Crippen molar-refractivity contribution in [1.82, 2.24) is 4.90 Å². The Morgan fingerprint density at radius 1 is 1.35 bits per heavy atom. The number of carboxylic acid groups (broad SMARTS) is 2. The number of carbonyl (C=O) groups excluding carboxylic acids is 1. The average molecular weight is 244 g/mol. The highest BCUT2D eigenvalue weighted by atomic mass is 16.4. The Balaban J connectivity index is 2.57. The molecule has 1 rings (SSSR count). The van der Waals surface area contributed by atoms with Gasteiger partial charge in [-0.05, 0) is 12.8 Å². The minimum atomic E-state index is -1.14. The number of carbonyl (C=O) groups is 3. The number of likely N-dealkylation sites (tertiary alicyclic amines) is 1. The van der Waals surface area contributed by atoms with E-state index in [0.717, 1.165) is 0 Å². The van der Waals surface area contributed by atoms with E-state index in [0.29, 0.717) is 19.4 Å². The molecule has 0 saturated carbocycles. The lowest BCUT2D eigenvalue weighted by molar-refractivity contribution is -0.147. The number of aliphatic carboxylic acids is 2. The van der Waals surface area contributed by atoms with Gasteiger partial charge in [0.25, 0.3) is 0 Å². The second kappa shape index (κ2) is 5.62. The van der Waals surface area contributed by atoms with Crippen molar-refractivity contribution in [2.75, 3.05) is 13.1 Å². The molecule has 1 fully saturated rings. The summed E-state index contributed by atoms with van der Waals surface area (Å²) in [4.78, 5) is 34.3. The van der Waals surface area contributed by atoms with Gasteiger partial charge in [0.15, 0.2) is 0 Å². The molecule has 1 aliphatic heterocycles. The van der Waals surface area contributed by atoms with Crippen LogP contribution in [0.5, 0.6) is 0 Å². The van der Waals surface area contributed by atoms with Crippen LogP contribution in [0.25, 0.3) is 0 Å². The summed E-state index contributed by atoms with van der Waals surface area (Å²) >= 11 is 0. The quantitative estimate of drug-likeness (QED) is 0.590. The summed E-state index contributed by atoms with van der Waals surface area (Å²) in [5.74, 6) is -3.14. The first-order valence-electron chi connectivity index (χ1n) is 5.40. The van der Waals surface area contributed by atoms with E-state index in [1.807, 2.05) is 0 Å².